The molecule has 0 aliphatic rings. The normalized spacial score (nSPS) is 11.8. The lowest BCUT2D eigenvalue weighted by molar-refractivity contribution is 0.562. The Kier molecular flexibility index (Phi) is 4.51. The largest absolute Gasteiger partial charge is 0.294 e. The van der Waals surface area contributed by atoms with E-state index in [1.807, 2.05) is 30.3 Å². The van der Waals surface area contributed by atoms with E-state index in [0.29, 0.717) is 17.1 Å². The Balaban J connectivity index is 2.11. The number of nitriles is 1. The third-order valence-corrected chi connectivity index (χ3v) is 2.99. The zero-order valence-corrected chi connectivity index (χ0v) is 10.9. The van der Waals surface area contributed by atoms with Gasteiger partial charge in [-0.1, -0.05) is 48.0 Å². The molecule has 2 nitrogen and oxygen atoms in total. The first-order valence-corrected chi connectivity index (χ1v) is 6.20. The van der Waals surface area contributed by atoms with Crippen LogP contribution in [0.4, 0.5) is 4.39 Å². The van der Waals surface area contributed by atoms with Crippen LogP contribution in [0.1, 0.15) is 17.2 Å². The van der Waals surface area contributed by atoms with Gasteiger partial charge >= 0.3 is 0 Å². The maximum Gasteiger partial charge on any atom is 0.130 e. The summed E-state index contributed by atoms with van der Waals surface area (Å²) in [5.41, 5.74) is 1.35. The van der Waals surface area contributed by atoms with Gasteiger partial charge in [0.2, 0.25) is 0 Å². The molecule has 19 heavy (non-hydrogen) atoms. The van der Waals surface area contributed by atoms with Gasteiger partial charge in [0.25, 0.3) is 0 Å². The molecular weight excluding hydrogens is 263 g/mol. The van der Waals surface area contributed by atoms with E-state index < -0.39 is 11.9 Å². The van der Waals surface area contributed by atoms with Gasteiger partial charge in [-0.3, -0.25) is 5.32 Å². The number of nitrogens with one attached hydrogen (secondary N) is 1. The quantitative estimate of drug-likeness (QED) is 0.920. The van der Waals surface area contributed by atoms with Crippen molar-refractivity contribution >= 4 is 11.6 Å². The molecular formula is C15H12ClFN2. The molecule has 2 aromatic rings. The molecule has 2 rings (SSSR count). The minimum absolute atomic E-state index is 0.308. The van der Waals surface area contributed by atoms with Crippen LogP contribution in [-0.4, -0.2) is 0 Å². The fraction of sp³-hybridized carbons (Fsp3) is 0.133. The fourth-order valence-electron chi connectivity index (χ4n) is 1.78. The van der Waals surface area contributed by atoms with E-state index in [9.17, 15) is 4.39 Å². The van der Waals surface area contributed by atoms with Crippen molar-refractivity contribution in [2.75, 3.05) is 0 Å². The van der Waals surface area contributed by atoms with Gasteiger partial charge in [0.1, 0.15) is 11.9 Å². The van der Waals surface area contributed by atoms with Gasteiger partial charge in [0.05, 0.1) is 6.07 Å². The van der Waals surface area contributed by atoms with E-state index >= 15 is 0 Å². The predicted molar refractivity (Wildman–Crippen MR) is 73.0 cm³/mol. The van der Waals surface area contributed by atoms with Gasteiger partial charge in [-0.15, -0.1) is 0 Å². The molecule has 0 heterocycles. The number of hydrogen-bond acceptors (Lipinski definition) is 2. The summed E-state index contributed by atoms with van der Waals surface area (Å²) in [6.45, 7) is 0.501. The summed E-state index contributed by atoms with van der Waals surface area (Å²) in [6, 6.07) is 15.3. The summed E-state index contributed by atoms with van der Waals surface area (Å²) in [4.78, 5) is 0. The van der Waals surface area contributed by atoms with Crippen LogP contribution in [0.15, 0.2) is 48.5 Å². The lowest BCUT2D eigenvalue weighted by Gasteiger charge is -2.13. The van der Waals surface area contributed by atoms with Crippen LogP contribution in [0.2, 0.25) is 5.02 Å². The van der Waals surface area contributed by atoms with Gasteiger partial charge in [-0.25, -0.2) is 4.39 Å². The lowest BCUT2D eigenvalue weighted by Crippen LogP contribution is -2.20. The van der Waals surface area contributed by atoms with E-state index in [4.69, 9.17) is 16.9 Å². The third kappa shape index (κ3) is 3.54. The van der Waals surface area contributed by atoms with Crippen molar-refractivity contribution < 1.29 is 4.39 Å². The van der Waals surface area contributed by atoms with Crippen molar-refractivity contribution in [3.8, 4) is 6.07 Å². The highest BCUT2D eigenvalue weighted by Gasteiger charge is 2.14. The zero-order chi connectivity index (χ0) is 13.7. The van der Waals surface area contributed by atoms with Crippen molar-refractivity contribution in [2.24, 2.45) is 0 Å². The molecule has 0 fully saturated rings. The molecule has 0 aromatic heterocycles. The van der Waals surface area contributed by atoms with Crippen LogP contribution in [0.25, 0.3) is 0 Å². The van der Waals surface area contributed by atoms with E-state index in [2.05, 4.69) is 11.4 Å². The molecule has 4 heteroatoms. The Hall–Kier alpha value is -1.89. The first kappa shape index (κ1) is 13.5. The second-order valence-corrected chi connectivity index (χ2v) is 4.53. The number of rotatable bonds is 4. The second-order valence-electron chi connectivity index (χ2n) is 4.09. The van der Waals surface area contributed by atoms with Crippen LogP contribution in [0, 0.1) is 17.1 Å². The Morgan fingerprint density at radius 3 is 2.58 bits per heavy atom. The highest BCUT2D eigenvalue weighted by atomic mass is 35.5. The number of benzene rings is 2. The maximum absolute atomic E-state index is 13.7. The standard InChI is InChI=1S/C15H12ClFN2/c16-12-6-7-13(14(17)8-12)15(9-18)19-10-11-4-2-1-3-5-11/h1-8,15,19H,10H2. The van der Waals surface area contributed by atoms with Crippen LogP contribution in [0.3, 0.4) is 0 Å². The second kappa shape index (κ2) is 6.33. The first-order valence-electron chi connectivity index (χ1n) is 5.82. The molecule has 0 aliphatic heterocycles. The molecule has 0 aliphatic carbocycles. The highest BCUT2D eigenvalue weighted by Crippen LogP contribution is 2.20. The van der Waals surface area contributed by atoms with Crippen LogP contribution in [0.5, 0.6) is 0 Å². The Bertz CT molecular complexity index is 593. The fourth-order valence-corrected chi connectivity index (χ4v) is 1.94. The summed E-state index contributed by atoms with van der Waals surface area (Å²) in [6.07, 6.45) is 0. The van der Waals surface area contributed by atoms with E-state index in [0.717, 1.165) is 5.56 Å². The van der Waals surface area contributed by atoms with E-state index in [1.165, 1.54) is 12.1 Å². The minimum Gasteiger partial charge on any atom is -0.294 e. The maximum atomic E-state index is 13.7. The minimum atomic E-state index is -0.697. The average Bonchev–Trinajstić information content (AvgIpc) is 2.42. The molecule has 96 valence electrons. The third-order valence-electron chi connectivity index (χ3n) is 2.76. The summed E-state index contributed by atoms with van der Waals surface area (Å²) in [5, 5.41) is 12.5. The molecule has 0 spiro atoms. The molecule has 0 saturated heterocycles. The number of nitrogens with zero attached hydrogens (tertiary/aromatic N) is 1. The van der Waals surface area contributed by atoms with Crippen LogP contribution in [-0.2, 0) is 6.54 Å². The first-order chi connectivity index (χ1) is 9.20. The number of hydrogen-bond donors (Lipinski definition) is 1. The molecule has 0 amide bonds. The Labute approximate surface area is 116 Å². The summed E-state index contributed by atoms with van der Waals surface area (Å²) >= 11 is 5.69. The summed E-state index contributed by atoms with van der Waals surface area (Å²) in [5.74, 6) is -0.473. The summed E-state index contributed by atoms with van der Waals surface area (Å²) < 4.78 is 13.7. The van der Waals surface area contributed by atoms with Crippen molar-refractivity contribution in [3.63, 3.8) is 0 Å². The smallest absolute Gasteiger partial charge is 0.130 e. The van der Waals surface area contributed by atoms with Gasteiger partial charge in [0, 0.05) is 17.1 Å². The van der Waals surface area contributed by atoms with Crippen molar-refractivity contribution in [3.05, 3.63) is 70.5 Å². The molecule has 2 aromatic carbocycles. The number of halogens is 2. The summed E-state index contributed by atoms with van der Waals surface area (Å²) in [7, 11) is 0. The predicted octanol–water partition coefficient (Wildman–Crippen LogP) is 3.83. The average molecular weight is 275 g/mol. The van der Waals surface area contributed by atoms with Gasteiger partial charge in [-0.2, -0.15) is 5.26 Å². The molecule has 0 bridgehead atoms. The van der Waals surface area contributed by atoms with Crippen molar-refractivity contribution in [2.45, 2.75) is 12.6 Å². The van der Waals surface area contributed by atoms with Crippen LogP contribution >= 0.6 is 11.6 Å². The van der Waals surface area contributed by atoms with Crippen molar-refractivity contribution in [1.82, 2.24) is 5.32 Å². The highest BCUT2D eigenvalue weighted by molar-refractivity contribution is 6.30. The van der Waals surface area contributed by atoms with E-state index in [-0.39, 0.29) is 0 Å². The molecule has 1 unspecified atom stereocenters. The van der Waals surface area contributed by atoms with Gasteiger partial charge < -0.3 is 0 Å². The Morgan fingerprint density at radius 1 is 1.21 bits per heavy atom. The molecule has 1 N–H and O–H groups in total. The van der Waals surface area contributed by atoms with E-state index in [1.54, 1.807) is 6.07 Å². The lowest BCUT2D eigenvalue weighted by atomic mass is 10.1. The zero-order valence-electron chi connectivity index (χ0n) is 10.1. The SMILES string of the molecule is N#CC(NCc1ccccc1)c1ccc(Cl)cc1F. The molecule has 0 radical (unpaired) electrons. The Morgan fingerprint density at radius 2 is 1.95 bits per heavy atom. The van der Waals surface area contributed by atoms with Gasteiger partial charge in [-0.05, 0) is 17.7 Å². The van der Waals surface area contributed by atoms with Gasteiger partial charge in [0.15, 0.2) is 0 Å². The van der Waals surface area contributed by atoms with Crippen molar-refractivity contribution in [1.29, 1.82) is 5.26 Å². The van der Waals surface area contributed by atoms with Crippen LogP contribution < -0.4 is 5.32 Å². The molecule has 0 saturated carbocycles. The topological polar surface area (TPSA) is 35.8 Å². The monoisotopic (exact) mass is 274 g/mol. The molecule has 1 atom stereocenters.